The van der Waals surface area contributed by atoms with Crippen LogP contribution in [0.2, 0.25) is 5.02 Å². The average Bonchev–Trinajstić information content (AvgIpc) is 3.04. The van der Waals surface area contributed by atoms with Crippen LogP contribution in [-0.4, -0.2) is 66.9 Å². The Morgan fingerprint density at radius 2 is 1.74 bits per heavy atom. The van der Waals surface area contributed by atoms with Crippen molar-refractivity contribution >= 4 is 29.3 Å². The fourth-order valence-corrected chi connectivity index (χ4v) is 5.30. The van der Waals surface area contributed by atoms with Gasteiger partial charge in [-0.3, -0.25) is 24.2 Å². The van der Waals surface area contributed by atoms with Crippen LogP contribution >= 0.6 is 11.6 Å². The number of likely N-dealkylation sites (tertiary alicyclic amines) is 1. The summed E-state index contributed by atoms with van der Waals surface area (Å²) in [6, 6.07) is 7.62. The van der Waals surface area contributed by atoms with E-state index in [9.17, 15) is 14.4 Å². The minimum absolute atomic E-state index is 0.0560. The molecule has 3 atom stereocenters. The number of imide groups is 1. The number of morpholine rings is 1. The van der Waals surface area contributed by atoms with E-state index in [1.54, 1.807) is 0 Å². The number of benzene rings is 1. The fraction of sp³-hybridized carbons (Fsp3) is 0.609. The van der Waals surface area contributed by atoms with Crippen LogP contribution in [0.4, 0.5) is 0 Å². The zero-order chi connectivity index (χ0) is 21.8. The van der Waals surface area contributed by atoms with Gasteiger partial charge in [-0.05, 0) is 24.5 Å². The molecule has 4 rings (SSSR count). The second kappa shape index (κ2) is 10.1. The molecule has 1 aromatic rings. The van der Waals surface area contributed by atoms with Gasteiger partial charge in [0.2, 0.25) is 17.7 Å². The molecule has 7 nitrogen and oxygen atoms in total. The van der Waals surface area contributed by atoms with Crippen molar-refractivity contribution in [2.24, 2.45) is 11.8 Å². The lowest BCUT2D eigenvalue weighted by molar-refractivity contribution is -0.140. The van der Waals surface area contributed by atoms with Gasteiger partial charge in [-0.15, -0.1) is 0 Å². The zero-order valence-corrected chi connectivity index (χ0v) is 18.5. The summed E-state index contributed by atoms with van der Waals surface area (Å²) >= 11 is 6.44. The number of rotatable bonds is 7. The average molecular weight is 448 g/mol. The van der Waals surface area contributed by atoms with Gasteiger partial charge in [-0.1, -0.05) is 42.6 Å². The molecule has 1 aliphatic carbocycles. The minimum atomic E-state index is -0.171. The maximum Gasteiger partial charge on any atom is 0.233 e. The van der Waals surface area contributed by atoms with E-state index < -0.39 is 0 Å². The van der Waals surface area contributed by atoms with E-state index >= 15 is 0 Å². The molecule has 1 saturated carbocycles. The van der Waals surface area contributed by atoms with Crippen molar-refractivity contribution in [3.63, 3.8) is 0 Å². The van der Waals surface area contributed by atoms with Crippen LogP contribution in [0.3, 0.4) is 0 Å². The van der Waals surface area contributed by atoms with Crippen molar-refractivity contribution in [3.8, 4) is 0 Å². The van der Waals surface area contributed by atoms with Gasteiger partial charge in [0.25, 0.3) is 0 Å². The summed E-state index contributed by atoms with van der Waals surface area (Å²) in [7, 11) is 0. The Bertz CT molecular complexity index is 803. The molecule has 31 heavy (non-hydrogen) atoms. The molecular weight excluding hydrogens is 418 g/mol. The molecule has 3 amide bonds. The number of halogens is 1. The molecule has 0 spiro atoms. The quantitative estimate of drug-likeness (QED) is 0.649. The van der Waals surface area contributed by atoms with E-state index in [-0.39, 0.29) is 48.6 Å². The van der Waals surface area contributed by atoms with Crippen molar-refractivity contribution < 1.29 is 19.1 Å². The number of fused-ring (bicyclic) bond motifs is 1. The number of carbonyl (C=O) groups is 3. The van der Waals surface area contributed by atoms with Crippen molar-refractivity contribution in [2.45, 2.75) is 38.1 Å². The molecule has 1 aromatic carbocycles. The van der Waals surface area contributed by atoms with Gasteiger partial charge in [0, 0.05) is 37.6 Å². The third-order valence-corrected chi connectivity index (χ3v) is 7.08. The summed E-state index contributed by atoms with van der Waals surface area (Å²) in [4.78, 5) is 41.4. The summed E-state index contributed by atoms with van der Waals surface area (Å²) < 4.78 is 5.47. The topological polar surface area (TPSA) is 79.0 Å². The van der Waals surface area contributed by atoms with Crippen molar-refractivity contribution in [2.75, 3.05) is 39.4 Å². The second-order valence-corrected chi connectivity index (χ2v) is 8.97. The van der Waals surface area contributed by atoms with Gasteiger partial charge in [0.1, 0.15) is 0 Å². The number of ether oxygens (including phenoxy) is 1. The van der Waals surface area contributed by atoms with E-state index in [1.807, 2.05) is 24.3 Å². The molecule has 3 unspecified atom stereocenters. The lowest BCUT2D eigenvalue weighted by Gasteiger charge is -2.35. The van der Waals surface area contributed by atoms with Crippen LogP contribution < -0.4 is 5.32 Å². The molecule has 3 fully saturated rings. The Hall–Kier alpha value is -1.96. The van der Waals surface area contributed by atoms with E-state index in [1.165, 1.54) is 4.90 Å². The SMILES string of the molecule is O=C(CCN1C(=O)C2CCCCC2C1=O)NCC(c1ccccc1Cl)N1CCOCC1. The highest BCUT2D eigenvalue weighted by molar-refractivity contribution is 6.31. The van der Waals surface area contributed by atoms with Gasteiger partial charge >= 0.3 is 0 Å². The molecule has 2 saturated heterocycles. The third kappa shape index (κ3) is 4.94. The van der Waals surface area contributed by atoms with Gasteiger partial charge in [-0.25, -0.2) is 0 Å². The Morgan fingerprint density at radius 1 is 1.10 bits per heavy atom. The normalized spacial score (nSPS) is 25.4. The summed E-state index contributed by atoms with van der Waals surface area (Å²) in [6.45, 7) is 3.41. The maximum atomic E-state index is 12.6. The summed E-state index contributed by atoms with van der Waals surface area (Å²) in [6.07, 6.45) is 3.70. The number of amides is 3. The number of hydrogen-bond donors (Lipinski definition) is 1. The van der Waals surface area contributed by atoms with E-state index in [0.29, 0.717) is 24.8 Å². The highest BCUT2D eigenvalue weighted by Crippen LogP contribution is 2.38. The fourth-order valence-electron chi connectivity index (χ4n) is 5.03. The van der Waals surface area contributed by atoms with Crippen LogP contribution in [-0.2, 0) is 19.1 Å². The highest BCUT2D eigenvalue weighted by Gasteiger charge is 2.47. The molecule has 3 aliphatic rings. The molecule has 2 heterocycles. The van der Waals surface area contributed by atoms with E-state index in [2.05, 4.69) is 10.2 Å². The lowest BCUT2D eigenvalue weighted by Crippen LogP contribution is -2.44. The minimum Gasteiger partial charge on any atom is -0.379 e. The monoisotopic (exact) mass is 447 g/mol. The molecule has 2 aliphatic heterocycles. The first-order valence-corrected chi connectivity index (χ1v) is 11.6. The Morgan fingerprint density at radius 3 is 2.39 bits per heavy atom. The van der Waals surface area contributed by atoms with Crippen LogP contribution in [0.5, 0.6) is 0 Å². The van der Waals surface area contributed by atoms with Crippen LogP contribution in [0.15, 0.2) is 24.3 Å². The largest absolute Gasteiger partial charge is 0.379 e. The molecule has 0 bridgehead atoms. The molecule has 0 aromatic heterocycles. The first-order chi connectivity index (χ1) is 15.1. The second-order valence-electron chi connectivity index (χ2n) is 8.57. The van der Waals surface area contributed by atoms with E-state index in [4.69, 9.17) is 16.3 Å². The number of carbonyl (C=O) groups excluding carboxylic acids is 3. The van der Waals surface area contributed by atoms with Crippen LogP contribution in [0, 0.1) is 11.8 Å². The zero-order valence-electron chi connectivity index (χ0n) is 17.7. The summed E-state index contributed by atoms with van der Waals surface area (Å²) in [5, 5.41) is 3.66. The lowest BCUT2D eigenvalue weighted by atomic mass is 9.81. The predicted molar refractivity (Wildman–Crippen MR) is 116 cm³/mol. The van der Waals surface area contributed by atoms with Crippen LogP contribution in [0.1, 0.15) is 43.7 Å². The summed E-state index contributed by atoms with van der Waals surface area (Å²) in [5.41, 5.74) is 0.973. The van der Waals surface area contributed by atoms with Crippen molar-refractivity contribution in [1.82, 2.24) is 15.1 Å². The smallest absolute Gasteiger partial charge is 0.233 e. The van der Waals surface area contributed by atoms with Gasteiger partial charge in [0.15, 0.2) is 0 Å². The van der Waals surface area contributed by atoms with Gasteiger partial charge in [0.05, 0.1) is 31.1 Å². The maximum absolute atomic E-state index is 12.6. The molecule has 8 heteroatoms. The Labute approximate surface area is 188 Å². The first kappa shape index (κ1) is 22.2. The standard InChI is InChI=1S/C23H30ClN3O4/c24-19-8-4-3-7-18(19)20(26-11-13-31-14-12-26)15-25-21(28)9-10-27-22(29)16-5-1-2-6-17(16)23(27)30/h3-4,7-8,16-17,20H,1-2,5-6,9-15H2,(H,25,28). The first-order valence-electron chi connectivity index (χ1n) is 11.2. The Kier molecular flexibility index (Phi) is 7.25. The number of nitrogens with zero attached hydrogens (tertiary/aromatic N) is 2. The molecular formula is C23H30ClN3O4. The number of hydrogen-bond acceptors (Lipinski definition) is 5. The third-order valence-electron chi connectivity index (χ3n) is 6.74. The molecule has 1 N–H and O–H groups in total. The molecule has 168 valence electrons. The van der Waals surface area contributed by atoms with Gasteiger partial charge < -0.3 is 10.1 Å². The van der Waals surface area contributed by atoms with Gasteiger partial charge in [-0.2, -0.15) is 0 Å². The van der Waals surface area contributed by atoms with Crippen molar-refractivity contribution in [1.29, 1.82) is 0 Å². The number of nitrogens with one attached hydrogen (secondary N) is 1. The Balaban J connectivity index is 1.34. The molecule has 0 radical (unpaired) electrons. The van der Waals surface area contributed by atoms with Crippen molar-refractivity contribution in [3.05, 3.63) is 34.9 Å². The summed E-state index contributed by atoms with van der Waals surface area (Å²) in [5.74, 6) is -0.694. The van der Waals surface area contributed by atoms with Crippen LogP contribution in [0.25, 0.3) is 0 Å². The predicted octanol–water partition coefficient (Wildman–Crippen LogP) is 2.39. The highest BCUT2D eigenvalue weighted by atomic mass is 35.5. The van der Waals surface area contributed by atoms with E-state index in [0.717, 1.165) is 44.3 Å².